The zero-order valence-corrected chi connectivity index (χ0v) is 12.1. The fourth-order valence-corrected chi connectivity index (χ4v) is 1.62. The first kappa shape index (κ1) is 19.0. The van der Waals surface area contributed by atoms with Crippen molar-refractivity contribution in [1.82, 2.24) is 4.90 Å². The lowest BCUT2D eigenvalue weighted by Gasteiger charge is -2.22. The summed E-state index contributed by atoms with van der Waals surface area (Å²) in [7, 11) is 0. The SMILES string of the molecule is C=CCOCC(O)COCC(O)CN(CC=C)CC=C. The van der Waals surface area contributed by atoms with Gasteiger partial charge in [0.25, 0.3) is 0 Å². The molecule has 0 aromatic heterocycles. The number of ether oxygens (including phenoxy) is 2. The summed E-state index contributed by atoms with van der Waals surface area (Å²) in [5, 5.41) is 19.4. The van der Waals surface area contributed by atoms with Crippen molar-refractivity contribution >= 4 is 0 Å². The summed E-state index contributed by atoms with van der Waals surface area (Å²) >= 11 is 0. The van der Waals surface area contributed by atoms with Crippen molar-refractivity contribution in [1.29, 1.82) is 0 Å². The van der Waals surface area contributed by atoms with Gasteiger partial charge in [0.15, 0.2) is 0 Å². The molecule has 0 radical (unpaired) electrons. The maximum Gasteiger partial charge on any atom is 0.101 e. The Balaban J connectivity index is 3.74. The second-order valence-electron chi connectivity index (χ2n) is 4.47. The summed E-state index contributed by atoms with van der Waals surface area (Å²) in [5.41, 5.74) is 0. The molecule has 20 heavy (non-hydrogen) atoms. The van der Waals surface area contributed by atoms with Crippen molar-refractivity contribution < 1.29 is 19.7 Å². The lowest BCUT2D eigenvalue weighted by molar-refractivity contribution is -0.0400. The van der Waals surface area contributed by atoms with Gasteiger partial charge in [0, 0.05) is 19.6 Å². The predicted octanol–water partition coefficient (Wildman–Crippen LogP) is 0.601. The molecule has 0 aliphatic carbocycles. The number of rotatable bonds is 14. The van der Waals surface area contributed by atoms with Crippen molar-refractivity contribution in [3.8, 4) is 0 Å². The number of nitrogens with zero attached hydrogens (tertiary/aromatic N) is 1. The Labute approximate surface area is 121 Å². The Morgan fingerprint density at radius 2 is 1.40 bits per heavy atom. The molecule has 2 atom stereocenters. The fraction of sp³-hybridized carbons (Fsp3) is 0.600. The molecule has 2 N–H and O–H groups in total. The molecule has 2 unspecified atom stereocenters. The number of hydrogen-bond donors (Lipinski definition) is 2. The molecule has 116 valence electrons. The third-order valence-electron chi connectivity index (χ3n) is 2.41. The molecule has 0 aromatic rings. The highest BCUT2D eigenvalue weighted by Crippen LogP contribution is 1.96. The minimum atomic E-state index is -0.695. The van der Waals surface area contributed by atoms with Crippen LogP contribution in [0.5, 0.6) is 0 Å². The number of hydrogen-bond acceptors (Lipinski definition) is 5. The van der Waals surface area contributed by atoms with Crippen LogP contribution in [0.3, 0.4) is 0 Å². The van der Waals surface area contributed by atoms with Crippen LogP contribution in [0.25, 0.3) is 0 Å². The molecular weight excluding hydrogens is 258 g/mol. The zero-order chi connectivity index (χ0) is 15.2. The van der Waals surface area contributed by atoms with E-state index in [1.54, 1.807) is 18.2 Å². The molecule has 5 nitrogen and oxygen atoms in total. The smallest absolute Gasteiger partial charge is 0.101 e. The van der Waals surface area contributed by atoms with Crippen LogP contribution >= 0.6 is 0 Å². The van der Waals surface area contributed by atoms with E-state index in [1.807, 2.05) is 4.90 Å². The summed E-state index contributed by atoms with van der Waals surface area (Å²) in [4.78, 5) is 2.00. The maximum atomic E-state index is 9.84. The molecule has 0 aliphatic heterocycles. The van der Waals surface area contributed by atoms with E-state index in [2.05, 4.69) is 19.7 Å². The standard InChI is InChI=1S/C15H27NO4/c1-4-7-16(8-5-2)10-14(17)11-20-13-15(18)12-19-9-6-3/h4-6,14-15,17-18H,1-3,7-13H2. The first-order valence-corrected chi connectivity index (χ1v) is 6.70. The summed E-state index contributed by atoms with van der Waals surface area (Å²) in [6.07, 6.45) is 3.86. The Hall–Kier alpha value is -0.980. The molecule has 0 bridgehead atoms. The van der Waals surface area contributed by atoms with Gasteiger partial charge in [0.1, 0.15) is 6.10 Å². The molecule has 0 spiro atoms. The average molecular weight is 285 g/mol. The Morgan fingerprint density at radius 1 is 0.850 bits per heavy atom. The van der Waals surface area contributed by atoms with Gasteiger partial charge < -0.3 is 19.7 Å². The zero-order valence-electron chi connectivity index (χ0n) is 12.1. The van der Waals surface area contributed by atoms with Crippen LogP contribution in [0.2, 0.25) is 0 Å². The molecule has 5 heteroatoms. The lowest BCUT2D eigenvalue weighted by atomic mass is 10.3. The molecule has 0 aromatic carbocycles. The minimum Gasteiger partial charge on any atom is -0.389 e. The van der Waals surface area contributed by atoms with E-state index in [-0.39, 0.29) is 19.8 Å². The van der Waals surface area contributed by atoms with Gasteiger partial charge >= 0.3 is 0 Å². The molecule has 0 amide bonds. The maximum absolute atomic E-state index is 9.84. The van der Waals surface area contributed by atoms with Crippen LogP contribution < -0.4 is 0 Å². The molecule has 0 saturated heterocycles. The van der Waals surface area contributed by atoms with Gasteiger partial charge in [-0.15, -0.1) is 19.7 Å². The molecule has 0 saturated carbocycles. The van der Waals surface area contributed by atoms with Gasteiger partial charge in [-0.05, 0) is 0 Å². The van der Waals surface area contributed by atoms with E-state index >= 15 is 0 Å². The van der Waals surface area contributed by atoms with Crippen molar-refractivity contribution in [3.63, 3.8) is 0 Å². The van der Waals surface area contributed by atoms with Crippen LogP contribution in [0.4, 0.5) is 0 Å². The van der Waals surface area contributed by atoms with Crippen LogP contribution in [0.1, 0.15) is 0 Å². The predicted molar refractivity (Wildman–Crippen MR) is 80.7 cm³/mol. The first-order valence-electron chi connectivity index (χ1n) is 6.70. The topological polar surface area (TPSA) is 62.2 Å². The lowest BCUT2D eigenvalue weighted by Crippen LogP contribution is -2.36. The van der Waals surface area contributed by atoms with Crippen LogP contribution in [-0.4, -0.2) is 73.4 Å². The van der Waals surface area contributed by atoms with Gasteiger partial charge in [0.2, 0.25) is 0 Å². The van der Waals surface area contributed by atoms with Crippen LogP contribution in [0.15, 0.2) is 38.0 Å². The molecule has 0 heterocycles. The molecule has 0 aliphatic rings. The Kier molecular flexibility index (Phi) is 12.4. The monoisotopic (exact) mass is 285 g/mol. The normalized spacial score (nSPS) is 13.9. The summed E-state index contributed by atoms with van der Waals surface area (Å²) in [6, 6.07) is 0. The van der Waals surface area contributed by atoms with Crippen molar-refractivity contribution in [3.05, 3.63) is 38.0 Å². The second-order valence-corrected chi connectivity index (χ2v) is 4.47. The van der Waals surface area contributed by atoms with Gasteiger partial charge in [-0.2, -0.15) is 0 Å². The van der Waals surface area contributed by atoms with E-state index in [0.717, 1.165) is 0 Å². The summed E-state index contributed by atoms with van der Waals surface area (Å²) < 4.78 is 10.4. The molecule has 0 fully saturated rings. The summed E-state index contributed by atoms with van der Waals surface area (Å²) in [5.74, 6) is 0. The van der Waals surface area contributed by atoms with E-state index in [4.69, 9.17) is 9.47 Å². The average Bonchev–Trinajstić information content (AvgIpc) is 2.39. The van der Waals surface area contributed by atoms with E-state index in [9.17, 15) is 10.2 Å². The second kappa shape index (κ2) is 13.0. The highest BCUT2D eigenvalue weighted by Gasteiger charge is 2.11. The third-order valence-corrected chi connectivity index (χ3v) is 2.41. The van der Waals surface area contributed by atoms with Gasteiger partial charge in [0.05, 0.1) is 32.5 Å². The molecular formula is C15H27NO4. The number of aliphatic hydroxyl groups is 2. The van der Waals surface area contributed by atoms with Crippen molar-refractivity contribution in [2.45, 2.75) is 12.2 Å². The minimum absolute atomic E-state index is 0.136. The first-order chi connectivity index (χ1) is 9.63. The van der Waals surface area contributed by atoms with Gasteiger partial charge in [-0.25, -0.2) is 0 Å². The third kappa shape index (κ3) is 10.9. The fourth-order valence-electron chi connectivity index (χ4n) is 1.62. The van der Waals surface area contributed by atoms with Crippen LogP contribution in [0, 0.1) is 0 Å². The Morgan fingerprint density at radius 3 is 1.95 bits per heavy atom. The van der Waals surface area contributed by atoms with Gasteiger partial charge in [-0.1, -0.05) is 18.2 Å². The van der Waals surface area contributed by atoms with Gasteiger partial charge in [-0.3, -0.25) is 4.90 Å². The molecule has 0 rings (SSSR count). The highest BCUT2D eigenvalue weighted by atomic mass is 16.5. The highest BCUT2D eigenvalue weighted by molar-refractivity contribution is 4.81. The largest absolute Gasteiger partial charge is 0.389 e. The quantitative estimate of drug-likeness (QED) is 0.361. The van der Waals surface area contributed by atoms with Crippen LogP contribution in [-0.2, 0) is 9.47 Å². The van der Waals surface area contributed by atoms with E-state index in [1.165, 1.54) is 0 Å². The van der Waals surface area contributed by atoms with Crippen molar-refractivity contribution in [2.24, 2.45) is 0 Å². The number of aliphatic hydroxyl groups excluding tert-OH is 2. The van der Waals surface area contributed by atoms with E-state index in [0.29, 0.717) is 26.2 Å². The van der Waals surface area contributed by atoms with Crippen molar-refractivity contribution in [2.75, 3.05) is 46.1 Å². The summed E-state index contributed by atoms with van der Waals surface area (Å²) in [6.45, 7) is 13.6. The van der Waals surface area contributed by atoms with E-state index < -0.39 is 12.2 Å². The Bertz CT molecular complexity index is 261.